The van der Waals surface area contributed by atoms with Crippen LogP contribution in [0.5, 0.6) is 11.5 Å². The van der Waals surface area contributed by atoms with Crippen molar-refractivity contribution in [2.45, 2.75) is 13.3 Å². The van der Waals surface area contributed by atoms with E-state index < -0.39 is 0 Å². The van der Waals surface area contributed by atoms with Crippen LogP contribution in [0.4, 0.5) is 0 Å². The highest BCUT2D eigenvalue weighted by molar-refractivity contribution is 6.32. The molecule has 1 amide bonds. The van der Waals surface area contributed by atoms with Crippen molar-refractivity contribution in [3.8, 4) is 11.5 Å². The Balaban J connectivity index is 1.75. The Morgan fingerprint density at radius 1 is 1.33 bits per heavy atom. The molecule has 2 aromatic carbocycles. The molecule has 27 heavy (non-hydrogen) atoms. The minimum Gasteiger partial charge on any atom is -0.493 e. The lowest BCUT2D eigenvalue weighted by Crippen LogP contribution is -2.19. The number of carbonyl (C=O) groups is 1. The van der Waals surface area contributed by atoms with Gasteiger partial charge in [-0.1, -0.05) is 30.7 Å². The van der Waals surface area contributed by atoms with E-state index in [4.69, 9.17) is 21.1 Å². The molecule has 3 aromatic rings. The monoisotopic (exact) mass is 385 g/mol. The second-order valence-electron chi connectivity index (χ2n) is 5.80. The number of nitrogens with zero attached hydrogens (tertiary/aromatic N) is 2. The summed E-state index contributed by atoms with van der Waals surface area (Å²) in [5.74, 6) is 0.740. The van der Waals surface area contributed by atoms with Crippen molar-refractivity contribution in [3.05, 3.63) is 59.4 Å². The van der Waals surface area contributed by atoms with E-state index in [1.807, 2.05) is 31.2 Å². The molecule has 0 bridgehead atoms. The van der Waals surface area contributed by atoms with Crippen LogP contribution in [-0.2, 0) is 4.79 Å². The molecular weight excluding hydrogens is 366 g/mol. The van der Waals surface area contributed by atoms with Crippen LogP contribution in [0, 0.1) is 0 Å². The number of carbonyl (C=O) groups excluding carboxylic acids is 1. The van der Waals surface area contributed by atoms with E-state index in [1.54, 1.807) is 36.3 Å². The molecule has 0 spiro atoms. The number of amides is 1. The molecule has 0 radical (unpaired) electrons. The molecule has 0 aliphatic heterocycles. The number of hydrogen-bond donors (Lipinski definition) is 1. The van der Waals surface area contributed by atoms with E-state index in [1.165, 1.54) is 6.08 Å². The third-order valence-corrected chi connectivity index (χ3v) is 4.09. The van der Waals surface area contributed by atoms with Gasteiger partial charge in [0.1, 0.15) is 6.33 Å². The summed E-state index contributed by atoms with van der Waals surface area (Å²) in [6.07, 6.45) is 5.51. The number of methoxy groups -OCH3 is 1. The normalized spacial score (nSPS) is 11.1. The lowest BCUT2D eigenvalue weighted by Gasteiger charge is -2.12. The number of hydrogen-bond acceptors (Lipinski definition) is 4. The maximum absolute atomic E-state index is 12.2. The Morgan fingerprint density at radius 2 is 2.15 bits per heavy atom. The molecule has 3 rings (SSSR count). The maximum atomic E-state index is 12.2. The Bertz CT molecular complexity index is 982. The van der Waals surface area contributed by atoms with Gasteiger partial charge in [-0.2, -0.15) is 0 Å². The van der Waals surface area contributed by atoms with Crippen LogP contribution in [-0.4, -0.2) is 29.3 Å². The van der Waals surface area contributed by atoms with Gasteiger partial charge in [0.15, 0.2) is 11.5 Å². The Labute approximate surface area is 162 Å². The van der Waals surface area contributed by atoms with Crippen LogP contribution >= 0.6 is 11.6 Å². The van der Waals surface area contributed by atoms with Gasteiger partial charge in [-0.05, 0) is 42.3 Å². The molecule has 6 nitrogen and oxygen atoms in total. The Morgan fingerprint density at radius 3 is 2.93 bits per heavy atom. The molecule has 140 valence electrons. The van der Waals surface area contributed by atoms with Gasteiger partial charge in [-0.3, -0.25) is 10.2 Å². The zero-order valence-electron chi connectivity index (χ0n) is 15.1. The summed E-state index contributed by atoms with van der Waals surface area (Å²) in [5, 5.41) is 0.434. The largest absolute Gasteiger partial charge is 0.493 e. The quantitative estimate of drug-likeness (QED) is 0.617. The highest BCUT2D eigenvalue weighted by atomic mass is 35.5. The fourth-order valence-corrected chi connectivity index (χ4v) is 2.83. The van der Waals surface area contributed by atoms with E-state index in [0.717, 1.165) is 23.0 Å². The number of para-hydroxylation sites is 2. The summed E-state index contributed by atoms with van der Waals surface area (Å²) in [4.78, 5) is 16.5. The van der Waals surface area contributed by atoms with Crippen LogP contribution in [0.3, 0.4) is 0 Å². The van der Waals surface area contributed by atoms with E-state index in [0.29, 0.717) is 23.1 Å². The summed E-state index contributed by atoms with van der Waals surface area (Å²) in [7, 11) is 1.55. The summed E-state index contributed by atoms with van der Waals surface area (Å²) in [6, 6.07) is 11.0. The average Bonchev–Trinajstić information content (AvgIpc) is 3.08. The first-order valence-electron chi connectivity index (χ1n) is 8.54. The SMILES string of the molecule is CCCOc1c(Cl)cc(/C=C/C(=O)Nn2cnc3ccccc32)cc1OC. The lowest BCUT2D eigenvalue weighted by atomic mass is 10.2. The molecule has 7 heteroatoms. The fraction of sp³-hybridized carbons (Fsp3) is 0.200. The number of rotatable bonds is 7. The third kappa shape index (κ3) is 4.41. The highest BCUT2D eigenvalue weighted by Crippen LogP contribution is 2.36. The van der Waals surface area contributed by atoms with Crippen molar-refractivity contribution in [1.29, 1.82) is 0 Å². The fourth-order valence-electron chi connectivity index (χ4n) is 2.56. The first kappa shape index (κ1) is 18.8. The molecule has 0 saturated carbocycles. The van der Waals surface area contributed by atoms with Crippen molar-refractivity contribution >= 4 is 34.6 Å². The van der Waals surface area contributed by atoms with Gasteiger partial charge < -0.3 is 9.47 Å². The number of halogens is 1. The van der Waals surface area contributed by atoms with Gasteiger partial charge >= 0.3 is 0 Å². The van der Waals surface area contributed by atoms with Crippen LogP contribution in [0.2, 0.25) is 5.02 Å². The van der Waals surface area contributed by atoms with E-state index in [9.17, 15) is 4.79 Å². The molecule has 0 saturated heterocycles. The Hall–Kier alpha value is -2.99. The van der Waals surface area contributed by atoms with Crippen molar-refractivity contribution < 1.29 is 14.3 Å². The number of nitrogens with one attached hydrogen (secondary N) is 1. The van der Waals surface area contributed by atoms with Gasteiger partial charge in [-0.15, -0.1) is 0 Å². The zero-order chi connectivity index (χ0) is 19.2. The molecule has 0 atom stereocenters. The second kappa shape index (κ2) is 8.60. The lowest BCUT2D eigenvalue weighted by molar-refractivity contribution is -0.112. The molecule has 1 heterocycles. The summed E-state index contributed by atoms with van der Waals surface area (Å²) >= 11 is 6.29. The minimum absolute atomic E-state index is 0.292. The van der Waals surface area contributed by atoms with Crippen molar-refractivity contribution in [2.24, 2.45) is 0 Å². The van der Waals surface area contributed by atoms with Gasteiger partial charge in [0.25, 0.3) is 5.91 Å². The van der Waals surface area contributed by atoms with Gasteiger partial charge in [0, 0.05) is 6.08 Å². The molecular formula is C20H20ClN3O3. The molecule has 1 N–H and O–H groups in total. The standard InChI is InChI=1S/C20H20ClN3O3/c1-3-10-27-20-15(21)11-14(12-18(20)26-2)8-9-19(25)23-24-13-22-16-6-4-5-7-17(16)24/h4-9,11-13H,3,10H2,1-2H3,(H,23,25)/b9-8+. The van der Waals surface area contributed by atoms with Crippen molar-refractivity contribution in [3.63, 3.8) is 0 Å². The van der Waals surface area contributed by atoms with Crippen LogP contribution in [0.1, 0.15) is 18.9 Å². The summed E-state index contributed by atoms with van der Waals surface area (Å²) in [6.45, 7) is 2.56. The number of aromatic nitrogens is 2. The van der Waals surface area contributed by atoms with Crippen LogP contribution in [0.15, 0.2) is 48.8 Å². The summed E-state index contributed by atoms with van der Waals surface area (Å²) < 4.78 is 12.6. The van der Waals surface area contributed by atoms with Gasteiger partial charge in [-0.25, -0.2) is 9.66 Å². The van der Waals surface area contributed by atoms with Crippen molar-refractivity contribution in [2.75, 3.05) is 19.1 Å². The topological polar surface area (TPSA) is 65.4 Å². The minimum atomic E-state index is -0.292. The smallest absolute Gasteiger partial charge is 0.262 e. The van der Waals surface area contributed by atoms with Crippen LogP contribution in [0.25, 0.3) is 17.1 Å². The molecule has 0 aliphatic carbocycles. The van der Waals surface area contributed by atoms with Gasteiger partial charge in [0.2, 0.25) is 0 Å². The average molecular weight is 386 g/mol. The third-order valence-electron chi connectivity index (χ3n) is 3.81. The zero-order valence-corrected chi connectivity index (χ0v) is 15.9. The second-order valence-corrected chi connectivity index (χ2v) is 6.20. The number of ether oxygens (including phenoxy) is 2. The molecule has 0 aliphatic rings. The van der Waals surface area contributed by atoms with E-state index in [2.05, 4.69) is 10.4 Å². The van der Waals surface area contributed by atoms with E-state index >= 15 is 0 Å². The van der Waals surface area contributed by atoms with Gasteiger partial charge in [0.05, 0.1) is 29.8 Å². The number of imidazole rings is 1. The molecule has 0 fully saturated rings. The summed E-state index contributed by atoms with van der Waals surface area (Å²) in [5.41, 5.74) is 5.11. The van der Waals surface area contributed by atoms with E-state index in [-0.39, 0.29) is 5.91 Å². The highest BCUT2D eigenvalue weighted by Gasteiger charge is 2.11. The predicted octanol–water partition coefficient (Wildman–Crippen LogP) is 4.27. The number of fused-ring (bicyclic) bond motifs is 1. The first-order valence-corrected chi connectivity index (χ1v) is 8.91. The predicted molar refractivity (Wildman–Crippen MR) is 107 cm³/mol. The Kier molecular flexibility index (Phi) is 5.98. The first-order chi connectivity index (χ1) is 13.1. The molecule has 0 unspecified atom stereocenters. The maximum Gasteiger partial charge on any atom is 0.262 e. The molecule has 1 aromatic heterocycles. The van der Waals surface area contributed by atoms with Crippen molar-refractivity contribution in [1.82, 2.24) is 9.66 Å². The number of benzene rings is 2. The van der Waals surface area contributed by atoms with Crippen LogP contribution < -0.4 is 14.9 Å².